The van der Waals surface area contributed by atoms with E-state index < -0.39 is 6.04 Å². The summed E-state index contributed by atoms with van der Waals surface area (Å²) in [4.78, 5) is 41.9. The lowest BCUT2D eigenvalue weighted by Gasteiger charge is -2.31. The van der Waals surface area contributed by atoms with Crippen molar-refractivity contribution in [3.05, 3.63) is 0 Å². The Hall–Kier alpha value is -1.87. The van der Waals surface area contributed by atoms with Crippen LogP contribution in [-0.2, 0) is 14.3 Å². The molecule has 1 aliphatic carbocycles. The van der Waals surface area contributed by atoms with Crippen LogP contribution in [0, 0.1) is 5.92 Å². The predicted octanol–water partition coefficient (Wildman–Crippen LogP) is 0.691. The van der Waals surface area contributed by atoms with Gasteiger partial charge >= 0.3 is 6.03 Å². The lowest BCUT2D eigenvalue weighted by atomic mass is 9.89. The molecule has 0 spiro atoms. The quantitative estimate of drug-likeness (QED) is 0.544. The van der Waals surface area contributed by atoms with E-state index in [1.165, 1.54) is 39.2 Å². The highest BCUT2D eigenvalue weighted by atomic mass is 16.5. The van der Waals surface area contributed by atoms with Crippen LogP contribution in [0.3, 0.4) is 0 Å². The SMILES string of the molecule is COCC(=O)N[C@H]1CN(CC2CCCCC2)C[C@@H]2C[C@H](NC(=O)NC(C)C)CN2C1=O. The minimum Gasteiger partial charge on any atom is -0.375 e. The average Bonchev–Trinajstić information content (AvgIpc) is 3.04. The molecule has 2 heterocycles. The molecule has 0 radical (unpaired) electrons. The highest BCUT2D eigenvalue weighted by Crippen LogP contribution is 2.28. The Balaban J connectivity index is 1.68. The number of amides is 4. The third-order valence-corrected chi connectivity index (χ3v) is 6.51. The number of nitrogens with one attached hydrogen (secondary N) is 3. The minimum atomic E-state index is -0.584. The Kier molecular flexibility index (Phi) is 8.54. The summed E-state index contributed by atoms with van der Waals surface area (Å²) in [5.41, 5.74) is 0. The van der Waals surface area contributed by atoms with Gasteiger partial charge < -0.3 is 25.6 Å². The molecule has 0 unspecified atom stereocenters. The molecule has 3 atom stereocenters. The molecule has 176 valence electrons. The van der Waals surface area contributed by atoms with Crippen LogP contribution in [0.4, 0.5) is 4.79 Å². The minimum absolute atomic E-state index is 0.0461. The first-order valence-corrected chi connectivity index (χ1v) is 11.7. The lowest BCUT2D eigenvalue weighted by Crippen LogP contribution is -2.53. The lowest BCUT2D eigenvalue weighted by molar-refractivity contribution is -0.137. The van der Waals surface area contributed by atoms with Gasteiger partial charge in [-0.05, 0) is 39.0 Å². The molecule has 2 saturated heterocycles. The smallest absolute Gasteiger partial charge is 0.315 e. The van der Waals surface area contributed by atoms with Gasteiger partial charge in [-0.15, -0.1) is 0 Å². The standard InChI is InChI=1S/C22H39N5O4/c1-15(2)23-22(30)24-17-9-18-12-26(10-16-7-5-4-6-8-16)13-19(21(29)27(18)11-17)25-20(28)14-31-3/h15-19H,4-14H2,1-3H3,(H,25,28)(H2,23,24,30)/t17-,18-,19-/m0/s1. The molecule has 3 fully saturated rings. The van der Waals surface area contributed by atoms with Crippen molar-refractivity contribution >= 4 is 17.8 Å². The van der Waals surface area contributed by atoms with Crippen molar-refractivity contribution in [2.75, 3.05) is 39.9 Å². The summed E-state index contributed by atoms with van der Waals surface area (Å²) in [6.45, 7) is 6.52. The zero-order chi connectivity index (χ0) is 22.4. The first kappa shape index (κ1) is 23.8. The molecule has 9 heteroatoms. The van der Waals surface area contributed by atoms with Gasteiger partial charge in [-0.3, -0.25) is 14.5 Å². The van der Waals surface area contributed by atoms with Crippen LogP contribution in [0.25, 0.3) is 0 Å². The number of carbonyl (C=O) groups is 3. The van der Waals surface area contributed by atoms with Crippen LogP contribution in [-0.4, -0.2) is 91.7 Å². The van der Waals surface area contributed by atoms with Crippen molar-refractivity contribution in [3.63, 3.8) is 0 Å². The maximum atomic E-state index is 13.3. The third-order valence-electron chi connectivity index (χ3n) is 6.51. The highest BCUT2D eigenvalue weighted by molar-refractivity contribution is 5.89. The van der Waals surface area contributed by atoms with Gasteiger partial charge in [0.05, 0.1) is 6.04 Å². The number of ether oxygens (including phenoxy) is 1. The Labute approximate surface area is 185 Å². The first-order chi connectivity index (χ1) is 14.9. The number of nitrogens with zero attached hydrogens (tertiary/aromatic N) is 2. The van der Waals surface area contributed by atoms with E-state index >= 15 is 0 Å². The van der Waals surface area contributed by atoms with Gasteiger partial charge in [0.2, 0.25) is 11.8 Å². The van der Waals surface area contributed by atoms with Gasteiger partial charge in [-0.2, -0.15) is 0 Å². The van der Waals surface area contributed by atoms with Crippen molar-refractivity contribution in [3.8, 4) is 0 Å². The van der Waals surface area contributed by atoms with Crippen molar-refractivity contribution < 1.29 is 19.1 Å². The number of hydrogen-bond acceptors (Lipinski definition) is 5. The van der Waals surface area contributed by atoms with E-state index in [2.05, 4.69) is 20.9 Å². The van der Waals surface area contributed by atoms with E-state index in [1.54, 1.807) is 0 Å². The van der Waals surface area contributed by atoms with Gasteiger partial charge in [0.1, 0.15) is 12.6 Å². The zero-order valence-corrected chi connectivity index (χ0v) is 19.2. The number of fused-ring (bicyclic) bond motifs is 1. The Morgan fingerprint density at radius 1 is 1.10 bits per heavy atom. The molecular formula is C22H39N5O4. The van der Waals surface area contributed by atoms with E-state index in [9.17, 15) is 14.4 Å². The van der Waals surface area contributed by atoms with Crippen LogP contribution in [0.1, 0.15) is 52.4 Å². The van der Waals surface area contributed by atoms with E-state index in [1.807, 2.05) is 18.7 Å². The second-order valence-electron chi connectivity index (χ2n) is 9.63. The monoisotopic (exact) mass is 437 g/mol. The van der Waals surface area contributed by atoms with Crippen LogP contribution < -0.4 is 16.0 Å². The molecule has 0 aromatic heterocycles. The maximum absolute atomic E-state index is 13.3. The van der Waals surface area contributed by atoms with Crippen molar-refractivity contribution in [1.82, 2.24) is 25.8 Å². The average molecular weight is 438 g/mol. The van der Waals surface area contributed by atoms with Gasteiger partial charge in [0.15, 0.2) is 0 Å². The molecule has 3 aliphatic rings. The summed E-state index contributed by atoms with van der Waals surface area (Å²) < 4.78 is 4.93. The molecule has 9 nitrogen and oxygen atoms in total. The fourth-order valence-electron chi connectivity index (χ4n) is 5.22. The first-order valence-electron chi connectivity index (χ1n) is 11.7. The molecule has 0 aromatic carbocycles. The number of rotatable bonds is 7. The molecule has 2 aliphatic heterocycles. The van der Waals surface area contributed by atoms with Crippen LogP contribution in [0.15, 0.2) is 0 Å². The van der Waals surface area contributed by atoms with E-state index in [-0.39, 0.29) is 42.6 Å². The summed E-state index contributed by atoms with van der Waals surface area (Å²) in [5.74, 6) is 0.314. The Morgan fingerprint density at radius 2 is 1.84 bits per heavy atom. The number of hydrogen-bond donors (Lipinski definition) is 3. The van der Waals surface area contributed by atoms with Crippen LogP contribution >= 0.6 is 0 Å². The fraction of sp³-hybridized carbons (Fsp3) is 0.864. The van der Waals surface area contributed by atoms with E-state index in [0.29, 0.717) is 19.0 Å². The van der Waals surface area contributed by atoms with Crippen LogP contribution in [0.5, 0.6) is 0 Å². The number of methoxy groups -OCH3 is 1. The van der Waals surface area contributed by atoms with Crippen molar-refractivity contribution in [2.45, 2.75) is 76.5 Å². The van der Waals surface area contributed by atoms with Gasteiger partial charge in [0, 0.05) is 45.4 Å². The summed E-state index contributed by atoms with van der Waals surface area (Å²) in [6.07, 6.45) is 7.07. The number of carbonyl (C=O) groups excluding carboxylic acids is 3. The second kappa shape index (κ2) is 11.1. The molecular weight excluding hydrogens is 398 g/mol. The Morgan fingerprint density at radius 3 is 2.52 bits per heavy atom. The second-order valence-corrected chi connectivity index (χ2v) is 9.63. The summed E-state index contributed by atoms with van der Waals surface area (Å²) in [6, 6.07) is -0.767. The maximum Gasteiger partial charge on any atom is 0.315 e. The molecule has 31 heavy (non-hydrogen) atoms. The topological polar surface area (TPSA) is 103 Å². The molecule has 4 amide bonds. The largest absolute Gasteiger partial charge is 0.375 e. The number of urea groups is 1. The third kappa shape index (κ3) is 6.80. The predicted molar refractivity (Wildman–Crippen MR) is 118 cm³/mol. The summed E-state index contributed by atoms with van der Waals surface area (Å²) >= 11 is 0. The van der Waals surface area contributed by atoms with E-state index in [0.717, 1.165) is 19.5 Å². The van der Waals surface area contributed by atoms with Gasteiger partial charge in [-0.25, -0.2) is 4.79 Å². The van der Waals surface area contributed by atoms with Gasteiger partial charge in [0.25, 0.3) is 0 Å². The normalized spacial score (nSPS) is 27.7. The van der Waals surface area contributed by atoms with Crippen LogP contribution in [0.2, 0.25) is 0 Å². The summed E-state index contributed by atoms with van der Waals surface area (Å²) in [5, 5.41) is 8.74. The molecule has 3 N–H and O–H groups in total. The zero-order valence-electron chi connectivity index (χ0n) is 19.2. The molecule has 0 aromatic rings. The Bertz CT molecular complexity index is 637. The molecule has 1 saturated carbocycles. The van der Waals surface area contributed by atoms with Crippen molar-refractivity contribution in [2.24, 2.45) is 5.92 Å². The highest BCUT2D eigenvalue weighted by Gasteiger charge is 2.43. The van der Waals surface area contributed by atoms with E-state index in [4.69, 9.17) is 4.74 Å². The summed E-state index contributed by atoms with van der Waals surface area (Å²) in [7, 11) is 1.47. The fourth-order valence-corrected chi connectivity index (χ4v) is 5.22. The van der Waals surface area contributed by atoms with Crippen molar-refractivity contribution in [1.29, 1.82) is 0 Å². The van der Waals surface area contributed by atoms with Gasteiger partial charge in [-0.1, -0.05) is 19.3 Å². The molecule has 0 bridgehead atoms. The molecule has 3 rings (SSSR count).